The molecule has 0 bridgehead atoms. The van der Waals surface area contributed by atoms with E-state index in [4.69, 9.17) is 4.84 Å². The molecular formula is C8H18N2OS. The minimum atomic E-state index is 0.363. The minimum Gasteiger partial charge on any atom is -0.278 e. The summed E-state index contributed by atoms with van der Waals surface area (Å²) in [5, 5.41) is 0.870. The molecule has 0 saturated carbocycles. The summed E-state index contributed by atoms with van der Waals surface area (Å²) < 4.78 is 0. The molecule has 0 aliphatic carbocycles. The molecule has 4 heteroatoms. The Kier molecular flexibility index (Phi) is 7.29. The van der Waals surface area contributed by atoms with Crippen LogP contribution in [0.5, 0.6) is 0 Å². The average molecular weight is 190 g/mol. The lowest BCUT2D eigenvalue weighted by Crippen LogP contribution is -2.20. The van der Waals surface area contributed by atoms with Gasteiger partial charge < -0.3 is 0 Å². The topological polar surface area (TPSA) is 33.6 Å². The Balaban J connectivity index is 3.96. The molecule has 1 N–H and O–H groups in total. The van der Waals surface area contributed by atoms with Crippen molar-refractivity contribution in [1.29, 1.82) is 0 Å². The maximum Gasteiger partial charge on any atom is 0.180 e. The molecule has 3 nitrogen and oxygen atoms in total. The van der Waals surface area contributed by atoms with Crippen LogP contribution < -0.4 is 5.48 Å². The third-order valence-corrected chi connectivity index (χ3v) is 2.15. The van der Waals surface area contributed by atoms with Gasteiger partial charge in [0.15, 0.2) is 5.17 Å². The van der Waals surface area contributed by atoms with Crippen LogP contribution in [0, 0.1) is 0 Å². The van der Waals surface area contributed by atoms with Crippen molar-refractivity contribution in [3.05, 3.63) is 0 Å². The minimum absolute atomic E-state index is 0.363. The molecule has 0 aliphatic rings. The smallest absolute Gasteiger partial charge is 0.180 e. The highest BCUT2D eigenvalue weighted by Crippen LogP contribution is 2.04. The number of nitrogens with zero attached hydrogens (tertiary/aromatic N) is 1. The van der Waals surface area contributed by atoms with E-state index in [1.807, 2.05) is 0 Å². The molecule has 0 spiro atoms. The predicted octanol–water partition coefficient (Wildman–Crippen LogP) is 2.04. The number of hydrogen-bond donors (Lipinski definition) is 1. The van der Waals surface area contributed by atoms with Gasteiger partial charge in [0, 0.05) is 6.04 Å². The largest absolute Gasteiger partial charge is 0.278 e. The van der Waals surface area contributed by atoms with Crippen molar-refractivity contribution in [1.82, 2.24) is 5.48 Å². The molecule has 1 atom stereocenters. The molecule has 0 fully saturated rings. The van der Waals surface area contributed by atoms with Crippen molar-refractivity contribution in [2.24, 2.45) is 4.99 Å². The van der Waals surface area contributed by atoms with E-state index in [1.165, 1.54) is 0 Å². The van der Waals surface area contributed by atoms with Gasteiger partial charge >= 0.3 is 0 Å². The van der Waals surface area contributed by atoms with E-state index in [-0.39, 0.29) is 0 Å². The van der Waals surface area contributed by atoms with Crippen molar-refractivity contribution in [2.45, 2.75) is 33.2 Å². The van der Waals surface area contributed by atoms with Crippen LogP contribution in [0.1, 0.15) is 27.2 Å². The normalized spacial score (nSPS) is 14.5. The van der Waals surface area contributed by atoms with Gasteiger partial charge in [-0.2, -0.15) is 0 Å². The molecule has 12 heavy (non-hydrogen) atoms. The van der Waals surface area contributed by atoms with Crippen molar-refractivity contribution in [2.75, 3.05) is 12.9 Å². The molecule has 1 unspecified atom stereocenters. The molecular weight excluding hydrogens is 172 g/mol. The number of nitrogens with one attached hydrogen (secondary N) is 1. The van der Waals surface area contributed by atoms with Crippen LogP contribution in [0.3, 0.4) is 0 Å². The number of thioether (sulfide) groups is 1. The quantitative estimate of drug-likeness (QED) is 0.418. The number of amidine groups is 1. The van der Waals surface area contributed by atoms with Gasteiger partial charge in [-0.05, 0) is 19.1 Å². The van der Waals surface area contributed by atoms with Gasteiger partial charge in [-0.3, -0.25) is 9.83 Å². The molecule has 0 rings (SSSR count). The maximum absolute atomic E-state index is 4.80. The highest BCUT2D eigenvalue weighted by atomic mass is 32.2. The molecule has 0 aromatic rings. The Morgan fingerprint density at radius 2 is 2.25 bits per heavy atom. The lowest BCUT2D eigenvalue weighted by molar-refractivity contribution is 0.146. The van der Waals surface area contributed by atoms with Gasteiger partial charge in [-0.15, -0.1) is 0 Å². The summed E-state index contributed by atoms with van der Waals surface area (Å²) in [5.41, 5.74) is 2.76. The second-order valence-corrected chi connectivity index (χ2v) is 3.68. The van der Waals surface area contributed by atoms with E-state index in [0.29, 0.717) is 6.04 Å². The molecule has 0 amide bonds. The van der Waals surface area contributed by atoms with Crippen molar-refractivity contribution in [3.63, 3.8) is 0 Å². The first-order valence-corrected chi connectivity index (χ1v) is 5.22. The van der Waals surface area contributed by atoms with Crippen molar-refractivity contribution >= 4 is 16.9 Å². The number of rotatable bonds is 4. The molecule has 0 heterocycles. The summed E-state index contributed by atoms with van der Waals surface area (Å²) >= 11 is 1.66. The first-order chi connectivity index (χ1) is 5.74. The second-order valence-electron chi connectivity index (χ2n) is 2.43. The Labute approximate surface area is 78.9 Å². The van der Waals surface area contributed by atoms with E-state index in [2.05, 4.69) is 31.2 Å². The zero-order chi connectivity index (χ0) is 9.40. The van der Waals surface area contributed by atoms with Crippen LogP contribution in [0.4, 0.5) is 0 Å². The van der Waals surface area contributed by atoms with Crippen LogP contribution in [-0.4, -0.2) is 24.1 Å². The van der Waals surface area contributed by atoms with E-state index >= 15 is 0 Å². The zero-order valence-corrected chi connectivity index (χ0v) is 9.07. The summed E-state index contributed by atoms with van der Waals surface area (Å²) in [4.78, 5) is 9.22. The standard InChI is InChI=1S/C8H18N2OS/c1-5-7(3)9-8(10-11-4)12-6-2/h7H,5-6H2,1-4H3,(H,9,10). The summed E-state index contributed by atoms with van der Waals surface area (Å²) in [6.07, 6.45) is 1.05. The van der Waals surface area contributed by atoms with Gasteiger partial charge in [0.1, 0.15) is 0 Å². The van der Waals surface area contributed by atoms with E-state index in [0.717, 1.165) is 17.3 Å². The number of hydrogen-bond acceptors (Lipinski definition) is 3. The second kappa shape index (κ2) is 7.43. The lowest BCUT2D eigenvalue weighted by Gasteiger charge is -2.08. The average Bonchev–Trinajstić information content (AvgIpc) is 2.05. The molecule has 0 saturated heterocycles. The Morgan fingerprint density at radius 1 is 1.58 bits per heavy atom. The van der Waals surface area contributed by atoms with Crippen LogP contribution in [0.15, 0.2) is 4.99 Å². The number of aliphatic imine (C=N–C) groups is 1. The molecule has 0 radical (unpaired) electrons. The van der Waals surface area contributed by atoms with Crippen LogP contribution in [0.2, 0.25) is 0 Å². The van der Waals surface area contributed by atoms with Crippen LogP contribution in [-0.2, 0) is 4.84 Å². The molecule has 0 aliphatic heterocycles. The van der Waals surface area contributed by atoms with Gasteiger partial charge in [-0.1, -0.05) is 25.6 Å². The van der Waals surface area contributed by atoms with Crippen molar-refractivity contribution < 1.29 is 4.84 Å². The first kappa shape index (κ1) is 11.8. The van der Waals surface area contributed by atoms with E-state index < -0.39 is 0 Å². The molecule has 0 aromatic heterocycles. The fraction of sp³-hybridized carbons (Fsp3) is 0.875. The van der Waals surface area contributed by atoms with Crippen LogP contribution >= 0.6 is 11.8 Å². The highest BCUT2D eigenvalue weighted by Gasteiger charge is 2.00. The fourth-order valence-corrected chi connectivity index (χ4v) is 1.28. The van der Waals surface area contributed by atoms with Crippen molar-refractivity contribution in [3.8, 4) is 0 Å². The molecule has 0 aromatic carbocycles. The summed E-state index contributed by atoms with van der Waals surface area (Å²) in [5.74, 6) is 1.01. The monoisotopic (exact) mass is 190 g/mol. The Hall–Kier alpha value is -0.220. The Bertz CT molecular complexity index is 131. The zero-order valence-electron chi connectivity index (χ0n) is 8.26. The van der Waals surface area contributed by atoms with Gasteiger partial charge in [-0.25, -0.2) is 5.48 Å². The van der Waals surface area contributed by atoms with Gasteiger partial charge in [0.25, 0.3) is 0 Å². The summed E-state index contributed by atoms with van der Waals surface area (Å²) in [7, 11) is 1.60. The summed E-state index contributed by atoms with van der Waals surface area (Å²) in [6, 6.07) is 0.363. The third kappa shape index (κ3) is 5.43. The predicted molar refractivity (Wildman–Crippen MR) is 55.5 cm³/mol. The van der Waals surface area contributed by atoms with Gasteiger partial charge in [0.05, 0.1) is 7.11 Å². The fourth-order valence-electron chi connectivity index (χ4n) is 0.609. The lowest BCUT2D eigenvalue weighted by atomic mass is 10.3. The first-order valence-electron chi connectivity index (χ1n) is 4.24. The number of hydroxylamine groups is 1. The van der Waals surface area contributed by atoms with Crippen LogP contribution in [0.25, 0.3) is 0 Å². The highest BCUT2D eigenvalue weighted by molar-refractivity contribution is 8.13. The Morgan fingerprint density at radius 3 is 2.67 bits per heavy atom. The SMILES string of the molecule is CCSC(=NC(C)CC)NOC. The summed E-state index contributed by atoms with van der Waals surface area (Å²) in [6.45, 7) is 6.30. The van der Waals surface area contributed by atoms with E-state index in [1.54, 1.807) is 18.9 Å². The maximum atomic E-state index is 4.80. The molecule has 72 valence electrons. The van der Waals surface area contributed by atoms with Gasteiger partial charge in [0.2, 0.25) is 0 Å². The third-order valence-electron chi connectivity index (χ3n) is 1.40. The van der Waals surface area contributed by atoms with E-state index in [9.17, 15) is 0 Å².